The summed E-state index contributed by atoms with van der Waals surface area (Å²) in [6.07, 6.45) is 0. The Morgan fingerprint density at radius 2 is 0.944 bits per heavy atom. The number of aliphatic hydroxyl groups is 2. The lowest BCUT2D eigenvalue weighted by molar-refractivity contribution is 0.0987. The van der Waals surface area contributed by atoms with Crippen LogP contribution >= 0.6 is 0 Å². The first-order chi connectivity index (χ1) is 17.1. The summed E-state index contributed by atoms with van der Waals surface area (Å²) in [5.41, 5.74) is 22.8. The number of primary amides is 4. The number of amides is 4. The molecule has 0 bridgehead atoms. The van der Waals surface area contributed by atoms with Crippen LogP contribution in [0.15, 0.2) is 36.4 Å². The van der Waals surface area contributed by atoms with Gasteiger partial charge >= 0.3 is 0 Å². The first-order valence-corrected chi connectivity index (χ1v) is 10.8. The van der Waals surface area contributed by atoms with Crippen LogP contribution in [-0.2, 0) is 13.2 Å². The highest BCUT2D eigenvalue weighted by Gasteiger charge is 2.28. The van der Waals surface area contributed by atoms with Crippen molar-refractivity contribution in [1.29, 1.82) is 0 Å². The molecule has 0 saturated carbocycles. The number of rotatable bonds is 6. The summed E-state index contributed by atoms with van der Waals surface area (Å²) >= 11 is 0. The van der Waals surface area contributed by atoms with E-state index < -0.39 is 36.8 Å². The lowest BCUT2D eigenvalue weighted by Crippen LogP contribution is -2.20. The molecule has 4 amide bonds. The topological polar surface area (TPSA) is 213 Å². The molecule has 10 N–H and O–H groups in total. The molecule has 5 aromatic rings. The standard InChI is InChI=1S/C26H20N4O6/c27-23(33)12-4-1-9-10-2-5-14(25(29)35)21-20(10)18(15(7-31)16(8-32)22(21)26(30)36)11-3-6-13(24(28)34)19(12)17(9)11/h1-6,31-32H,7-8H2,(H2,27,33)(H2,28,34)(H2,29,35)(H2,30,36). The first-order valence-electron chi connectivity index (χ1n) is 10.8. The molecule has 36 heavy (non-hydrogen) atoms. The zero-order valence-electron chi connectivity index (χ0n) is 18.7. The number of carbonyl (C=O) groups is 4. The number of fused-ring (bicyclic) bond motifs is 2. The van der Waals surface area contributed by atoms with Crippen molar-refractivity contribution in [3.63, 3.8) is 0 Å². The Morgan fingerprint density at radius 1 is 0.500 bits per heavy atom. The number of aliphatic hydroxyl groups excluding tert-OH is 2. The molecule has 5 rings (SSSR count). The van der Waals surface area contributed by atoms with Crippen LogP contribution in [0.4, 0.5) is 0 Å². The molecule has 0 unspecified atom stereocenters. The van der Waals surface area contributed by atoms with Crippen LogP contribution in [0.25, 0.3) is 43.1 Å². The molecular weight excluding hydrogens is 464 g/mol. The molecule has 0 radical (unpaired) electrons. The van der Waals surface area contributed by atoms with Crippen LogP contribution in [0, 0.1) is 0 Å². The Balaban J connectivity index is 2.26. The van der Waals surface area contributed by atoms with Gasteiger partial charge < -0.3 is 33.1 Å². The van der Waals surface area contributed by atoms with Crippen LogP contribution in [0.2, 0.25) is 0 Å². The molecule has 0 aliphatic rings. The van der Waals surface area contributed by atoms with E-state index >= 15 is 0 Å². The summed E-state index contributed by atoms with van der Waals surface area (Å²) in [7, 11) is 0. The van der Waals surface area contributed by atoms with E-state index in [0.29, 0.717) is 32.3 Å². The molecule has 5 aromatic carbocycles. The van der Waals surface area contributed by atoms with E-state index in [4.69, 9.17) is 22.9 Å². The zero-order chi connectivity index (χ0) is 26.0. The number of hydrogen-bond acceptors (Lipinski definition) is 6. The Morgan fingerprint density at radius 3 is 1.39 bits per heavy atom. The van der Waals surface area contributed by atoms with Crippen molar-refractivity contribution in [2.24, 2.45) is 22.9 Å². The fraction of sp³-hybridized carbons (Fsp3) is 0.0769. The van der Waals surface area contributed by atoms with E-state index in [2.05, 4.69) is 0 Å². The van der Waals surface area contributed by atoms with Crippen molar-refractivity contribution < 1.29 is 29.4 Å². The minimum atomic E-state index is -0.913. The Labute approximate surface area is 202 Å². The molecule has 0 heterocycles. The number of carbonyl (C=O) groups excluding carboxylic acids is 4. The molecule has 0 aliphatic carbocycles. The Kier molecular flexibility index (Phi) is 5.02. The van der Waals surface area contributed by atoms with Gasteiger partial charge in [0.15, 0.2) is 0 Å². The smallest absolute Gasteiger partial charge is 0.249 e. The van der Waals surface area contributed by atoms with Gasteiger partial charge in [-0.15, -0.1) is 0 Å². The lowest BCUT2D eigenvalue weighted by atomic mass is 9.80. The van der Waals surface area contributed by atoms with Gasteiger partial charge in [-0.3, -0.25) is 19.2 Å². The lowest BCUT2D eigenvalue weighted by Gasteiger charge is -2.23. The normalized spacial score (nSPS) is 11.6. The summed E-state index contributed by atoms with van der Waals surface area (Å²) in [6.45, 7) is -1.26. The van der Waals surface area contributed by atoms with Crippen molar-refractivity contribution in [2.75, 3.05) is 0 Å². The number of hydrogen-bond donors (Lipinski definition) is 6. The van der Waals surface area contributed by atoms with Gasteiger partial charge in [0.05, 0.1) is 18.8 Å². The molecule has 0 fully saturated rings. The predicted octanol–water partition coefficient (Wildman–Crippen LogP) is 1.12. The number of nitrogens with two attached hydrogens (primary N) is 4. The minimum absolute atomic E-state index is 0.00481. The highest BCUT2D eigenvalue weighted by atomic mass is 16.3. The monoisotopic (exact) mass is 484 g/mol. The average molecular weight is 484 g/mol. The maximum atomic E-state index is 12.6. The van der Waals surface area contributed by atoms with Gasteiger partial charge in [0.25, 0.3) is 0 Å². The zero-order valence-corrected chi connectivity index (χ0v) is 18.7. The Hall–Kier alpha value is -4.80. The van der Waals surface area contributed by atoms with E-state index in [0.717, 1.165) is 0 Å². The molecule has 10 heteroatoms. The summed E-state index contributed by atoms with van der Waals surface area (Å²) < 4.78 is 0. The molecule has 0 aliphatic heterocycles. The van der Waals surface area contributed by atoms with Crippen molar-refractivity contribution in [2.45, 2.75) is 13.2 Å². The van der Waals surface area contributed by atoms with Crippen molar-refractivity contribution >= 4 is 66.7 Å². The van der Waals surface area contributed by atoms with Crippen LogP contribution in [0.1, 0.15) is 52.6 Å². The quantitative estimate of drug-likeness (QED) is 0.153. The Bertz CT molecular complexity index is 1810. The molecule has 0 aromatic heterocycles. The molecular formula is C26H20N4O6. The number of benzene rings is 5. The van der Waals surface area contributed by atoms with Crippen LogP contribution in [0.5, 0.6) is 0 Å². The van der Waals surface area contributed by atoms with Gasteiger partial charge in [-0.05, 0) is 61.6 Å². The first kappa shape index (κ1) is 23.0. The third-order valence-electron chi connectivity index (χ3n) is 6.75. The van der Waals surface area contributed by atoms with E-state index in [1.807, 2.05) is 0 Å². The van der Waals surface area contributed by atoms with Crippen molar-refractivity contribution in [3.05, 3.63) is 69.8 Å². The molecule has 0 atom stereocenters. The second kappa shape index (κ2) is 7.87. The van der Waals surface area contributed by atoms with Crippen molar-refractivity contribution in [1.82, 2.24) is 0 Å². The van der Waals surface area contributed by atoms with Gasteiger partial charge in [0.1, 0.15) is 0 Å². The van der Waals surface area contributed by atoms with E-state index in [1.54, 1.807) is 18.2 Å². The molecule has 0 saturated heterocycles. The summed E-state index contributed by atoms with van der Waals surface area (Å²) in [6, 6.07) is 9.20. The maximum absolute atomic E-state index is 12.6. The highest BCUT2D eigenvalue weighted by molar-refractivity contribution is 6.39. The van der Waals surface area contributed by atoms with Gasteiger partial charge in [-0.1, -0.05) is 18.2 Å². The van der Waals surface area contributed by atoms with Crippen LogP contribution < -0.4 is 22.9 Å². The second-order valence-corrected chi connectivity index (χ2v) is 8.46. The van der Waals surface area contributed by atoms with E-state index in [1.165, 1.54) is 18.2 Å². The summed E-state index contributed by atoms with van der Waals surface area (Å²) in [4.78, 5) is 49.6. The third-order valence-corrected chi connectivity index (χ3v) is 6.75. The van der Waals surface area contributed by atoms with Crippen LogP contribution in [-0.4, -0.2) is 33.8 Å². The minimum Gasteiger partial charge on any atom is -0.392 e. The van der Waals surface area contributed by atoms with E-state index in [9.17, 15) is 29.4 Å². The second-order valence-electron chi connectivity index (χ2n) is 8.46. The molecule has 0 spiro atoms. The van der Waals surface area contributed by atoms with Gasteiger partial charge in [-0.2, -0.15) is 0 Å². The van der Waals surface area contributed by atoms with Gasteiger partial charge in [0, 0.05) is 27.5 Å². The van der Waals surface area contributed by atoms with Crippen LogP contribution in [0.3, 0.4) is 0 Å². The van der Waals surface area contributed by atoms with Crippen molar-refractivity contribution in [3.8, 4) is 0 Å². The summed E-state index contributed by atoms with van der Waals surface area (Å²) in [5.74, 6) is -3.28. The largest absolute Gasteiger partial charge is 0.392 e. The third kappa shape index (κ3) is 2.85. The fourth-order valence-electron chi connectivity index (χ4n) is 5.41. The van der Waals surface area contributed by atoms with Gasteiger partial charge in [0.2, 0.25) is 23.6 Å². The van der Waals surface area contributed by atoms with E-state index in [-0.39, 0.29) is 44.2 Å². The predicted molar refractivity (Wildman–Crippen MR) is 134 cm³/mol. The van der Waals surface area contributed by atoms with Gasteiger partial charge in [-0.25, -0.2) is 0 Å². The maximum Gasteiger partial charge on any atom is 0.249 e. The molecule has 10 nitrogen and oxygen atoms in total. The highest BCUT2D eigenvalue weighted by Crippen LogP contribution is 2.46. The average Bonchev–Trinajstić information content (AvgIpc) is 2.84. The fourth-order valence-corrected chi connectivity index (χ4v) is 5.41. The SMILES string of the molecule is NC(=O)c1ccc2c3ccc(C(N)=O)c4c(C(N)=O)c(CO)c(CO)c(c5ccc(C(N)=O)c1c25)c43. The molecule has 180 valence electrons. The summed E-state index contributed by atoms with van der Waals surface area (Å²) in [5, 5.41) is 23.9.